The molecular weight excluding hydrogens is 252 g/mol. The summed E-state index contributed by atoms with van der Waals surface area (Å²) < 4.78 is 17.0. The average Bonchev–Trinajstić information content (AvgIpc) is 2.38. The second-order valence-corrected chi connectivity index (χ2v) is 15.4. The first-order chi connectivity index (χ1) is 7.57. The number of carbonyl (C=O) groups excluding carboxylic acids is 1. The third kappa shape index (κ3) is 5.80. The molecule has 1 fully saturated rings. The molecule has 0 bridgehead atoms. The van der Waals surface area contributed by atoms with E-state index in [1.54, 1.807) is 0 Å². The summed E-state index contributed by atoms with van der Waals surface area (Å²) >= 11 is 0. The highest BCUT2D eigenvalue weighted by Gasteiger charge is 2.39. The highest BCUT2D eigenvalue weighted by molar-refractivity contribution is 6.70. The molecule has 0 unspecified atom stereocenters. The van der Waals surface area contributed by atoms with Crippen molar-refractivity contribution in [3.8, 4) is 0 Å². The van der Waals surface area contributed by atoms with E-state index in [9.17, 15) is 4.79 Å². The van der Waals surface area contributed by atoms with Crippen molar-refractivity contribution >= 4 is 22.6 Å². The van der Waals surface area contributed by atoms with Gasteiger partial charge in [-0.2, -0.15) is 0 Å². The molecule has 1 aliphatic rings. The Morgan fingerprint density at radius 1 is 1.18 bits per heavy atom. The van der Waals surface area contributed by atoms with Gasteiger partial charge in [-0.15, -0.1) is 0 Å². The summed E-state index contributed by atoms with van der Waals surface area (Å²) in [7, 11) is -3.22. The van der Waals surface area contributed by atoms with Crippen LogP contribution in [0.2, 0.25) is 39.3 Å². The Morgan fingerprint density at radius 3 is 2.24 bits per heavy atom. The molecule has 1 heterocycles. The number of hydrogen-bond donors (Lipinski definition) is 0. The molecule has 0 aliphatic carbocycles. The summed E-state index contributed by atoms with van der Waals surface area (Å²) in [6, 6.07) is 0. The van der Waals surface area contributed by atoms with Gasteiger partial charge in [-0.05, 0) is 39.3 Å². The first-order valence-corrected chi connectivity index (χ1v) is 12.9. The molecule has 0 spiro atoms. The highest BCUT2D eigenvalue weighted by atomic mass is 28.4. The number of ether oxygens (including phenoxy) is 1. The molecule has 0 amide bonds. The highest BCUT2D eigenvalue weighted by Crippen LogP contribution is 2.23. The number of cyclic esters (lactones) is 1. The van der Waals surface area contributed by atoms with Gasteiger partial charge in [0.1, 0.15) is 6.10 Å². The maximum atomic E-state index is 11.3. The molecule has 6 heteroatoms. The van der Waals surface area contributed by atoms with Gasteiger partial charge in [0, 0.05) is 0 Å². The number of esters is 1. The van der Waals surface area contributed by atoms with Crippen molar-refractivity contribution in [2.45, 2.75) is 57.9 Å². The van der Waals surface area contributed by atoms with Crippen LogP contribution in [0.1, 0.15) is 6.42 Å². The van der Waals surface area contributed by atoms with E-state index >= 15 is 0 Å². The second kappa shape index (κ2) is 5.21. The zero-order valence-electron chi connectivity index (χ0n) is 11.7. The first kappa shape index (κ1) is 14.9. The topological polar surface area (TPSA) is 44.8 Å². The fourth-order valence-corrected chi connectivity index (χ4v) is 3.44. The molecule has 1 rings (SSSR count). The molecule has 0 aromatic heterocycles. The minimum Gasteiger partial charge on any atom is -0.457 e. The number of carbonyl (C=O) groups is 1. The Hall–Kier alpha value is -0.176. The molecule has 0 N–H and O–H groups in total. The quantitative estimate of drug-likeness (QED) is 0.571. The zero-order chi connectivity index (χ0) is 13.3. The van der Waals surface area contributed by atoms with E-state index in [2.05, 4.69) is 39.3 Å². The molecule has 17 heavy (non-hydrogen) atoms. The van der Waals surface area contributed by atoms with Crippen LogP contribution in [0.3, 0.4) is 0 Å². The van der Waals surface area contributed by atoms with E-state index in [0.29, 0.717) is 13.0 Å². The molecule has 0 saturated carbocycles. The molecule has 0 radical (unpaired) electrons. The van der Waals surface area contributed by atoms with Gasteiger partial charge in [0.15, 0.2) is 16.6 Å². The van der Waals surface area contributed by atoms with E-state index in [-0.39, 0.29) is 18.2 Å². The Kier molecular flexibility index (Phi) is 4.56. The van der Waals surface area contributed by atoms with E-state index in [4.69, 9.17) is 13.6 Å². The molecule has 100 valence electrons. The van der Waals surface area contributed by atoms with E-state index < -0.39 is 16.6 Å². The van der Waals surface area contributed by atoms with Crippen LogP contribution in [0.5, 0.6) is 0 Å². The fraction of sp³-hybridized carbons (Fsp3) is 0.909. The first-order valence-electron chi connectivity index (χ1n) is 6.08. The lowest BCUT2D eigenvalue weighted by Gasteiger charge is -2.27. The van der Waals surface area contributed by atoms with Gasteiger partial charge in [-0.1, -0.05) is 0 Å². The van der Waals surface area contributed by atoms with Crippen LogP contribution >= 0.6 is 0 Å². The monoisotopic (exact) mass is 276 g/mol. The Balaban J connectivity index is 2.54. The largest absolute Gasteiger partial charge is 0.457 e. The van der Waals surface area contributed by atoms with Gasteiger partial charge in [0.2, 0.25) is 0 Å². The van der Waals surface area contributed by atoms with E-state index in [1.165, 1.54) is 0 Å². The normalized spacial score (nSPS) is 26.1. The van der Waals surface area contributed by atoms with Crippen molar-refractivity contribution in [2.75, 3.05) is 6.61 Å². The summed E-state index contributed by atoms with van der Waals surface area (Å²) in [5.41, 5.74) is 0. The fourth-order valence-electron chi connectivity index (χ4n) is 1.63. The molecule has 1 saturated heterocycles. The molecular formula is C11H24O4Si2. The van der Waals surface area contributed by atoms with Gasteiger partial charge in [0.25, 0.3) is 0 Å². The van der Waals surface area contributed by atoms with Crippen LogP contribution in [0.15, 0.2) is 0 Å². The summed E-state index contributed by atoms with van der Waals surface area (Å²) in [4.78, 5) is 11.3. The number of hydrogen-bond acceptors (Lipinski definition) is 4. The maximum absolute atomic E-state index is 11.3. The standard InChI is InChI=1S/C11H24O4Si2/c1-16(2,3)13-8-10-9(7-11(12)14-10)15-17(4,5)6/h9-10H,7-8H2,1-6H3/t9-,10-/m0/s1. The zero-order valence-corrected chi connectivity index (χ0v) is 13.7. The van der Waals surface area contributed by atoms with Gasteiger partial charge in [-0.3, -0.25) is 4.79 Å². The van der Waals surface area contributed by atoms with Crippen molar-refractivity contribution in [1.29, 1.82) is 0 Å². The lowest BCUT2D eigenvalue weighted by Crippen LogP contribution is -2.40. The van der Waals surface area contributed by atoms with E-state index in [0.717, 1.165) is 0 Å². The third-order valence-electron chi connectivity index (χ3n) is 2.25. The minimum absolute atomic E-state index is 0.120. The van der Waals surface area contributed by atoms with Gasteiger partial charge in [-0.25, -0.2) is 0 Å². The lowest BCUT2D eigenvalue weighted by atomic mass is 10.2. The van der Waals surface area contributed by atoms with E-state index in [1.807, 2.05) is 0 Å². The van der Waals surface area contributed by atoms with Crippen molar-refractivity contribution in [3.63, 3.8) is 0 Å². The van der Waals surface area contributed by atoms with Gasteiger partial charge >= 0.3 is 5.97 Å². The van der Waals surface area contributed by atoms with Crippen molar-refractivity contribution < 1.29 is 18.4 Å². The Labute approximate surface area is 106 Å². The molecule has 2 atom stereocenters. The molecule has 1 aliphatic heterocycles. The predicted molar refractivity (Wildman–Crippen MR) is 72.0 cm³/mol. The SMILES string of the molecule is C[Si](C)(C)OC[C@@H]1OC(=O)C[C@@H]1O[Si](C)(C)C. The minimum atomic E-state index is -1.64. The second-order valence-electron chi connectivity index (χ2n) is 6.42. The van der Waals surface area contributed by atoms with Crippen LogP contribution in [-0.2, 0) is 18.4 Å². The molecule has 4 nitrogen and oxygen atoms in total. The Morgan fingerprint density at radius 2 is 1.76 bits per heavy atom. The summed E-state index contributed by atoms with van der Waals surface area (Å²) in [6.45, 7) is 13.2. The van der Waals surface area contributed by atoms with Crippen molar-refractivity contribution in [1.82, 2.24) is 0 Å². The maximum Gasteiger partial charge on any atom is 0.308 e. The smallest absolute Gasteiger partial charge is 0.308 e. The number of rotatable bonds is 5. The molecule has 0 aromatic carbocycles. The van der Waals surface area contributed by atoms with Crippen molar-refractivity contribution in [2.24, 2.45) is 0 Å². The van der Waals surface area contributed by atoms with Crippen LogP contribution < -0.4 is 0 Å². The van der Waals surface area contributed by atoms with Crippen LogP contribution in [-0.4, -0.2) is 41.4 Å². The summed E-state index contributed by atoms with van der Waals surface area (Å²) in [5, 5.41) is 0. The predicted octanol–water partition coefficient (Wildman–Crippen LogP) is 2.37. The van der Waals surface area contributed by atoms with Crippen LogP contribution in [0, 0.1) is 0 Å². The van der Waals surface area contributed by atoms with Crippen LogP contribution in [0.4, 0.5) is 0 Å². The molecule has 0 aromatic rings. The third-order valence-corrected chi connectivity index (χ3v) is 4.29. The lowest BCUT2D eigenvalue weighted by molar-refractivity contribution is -0.142. The summed E-state index contributed by atoms with van der Waals surface area (Å²) in [6.07, 6.45) is 0.0238. The van der Waals surface area contributed by atoms with Crippen LogP contribution in [0.25, 0.3) is 0 Å². The van der Waals surface area contributed by atoms with Gasteiger partial charge in [0.05, 0.1) is 19.1 Å². The summed E-state index contributed by atoms with van der Waals surface area (Å²) in [5.74, 6) is -0.169. The Bertz CT molecular complexity index is 280. The van der Waals surface area contributed by atoms with Crippen molar-refractivity contribution in [3.05, 3.63) is 0 Å². The average molecular weight is 276 g/mol. The van der Waals surface area contributed by atoms with Gasteiger partial charge < -0.3 is 13.6 Å².